The maximum absolute atomic E-state index is 12.9. The number of rotatable bonds is 4. The third-order valence-corrected chi connectivity index (χ3v) is 6.59. The van der Waals surface area contributed by atoms with Crippen molar-refractivity contribution in [3.8, 4) is 11.1 Å². The van der Waals surface area contributed by atoms with Gasteiger partial charge in [0.1, 0.15) is 10.6 Å². The lowest BCUT2D eigenvalue weighted by atomic mass is 10.0. The Balaban J connectivity index is 1.73. The van der Waals surface area contributed by atoms with Gasteiger partial charge in [-0.3, -0.25) is 0 Å². The molecular formula is C24H24N2O2S2. The number of nitrogens with zero attached hydrogens (tertiary/aromatic N) is 1. The second kappa shape index (κ2) is 8.58. The average molecular weight is 437 g/mol. The molecule has 4 nitrogen and oxygen atoms in total. The molecule has 0 saturated carbocycles. The first-order valence-corrected chi connectivity index (χ1v) is 11.3. The monoisotopic (exact) mass is 436 g/mol. The maximum Gasteiger partial charge on any atom is 0.341 e. The van der Waals surface area contributed by atoms with Crippen molar-refractivity contribution in [3.63, 3.8) is 0 Å². The molecule has 0 radical (unpaired) electrons. The van der Waals surface area contributed by atoms with Crippen LogP contribution in [0.1, 0.15) is 34.6 Å². The Bertz CT molecular complexity index is 1090. The van der Waals surface area contributed by atoms with Crippen molar-refractivity contribution < 1.29 is 9.53 Å². The van der Waals surface area contributed by atoms with Crippen molar-refractivity contribution >= 4 is 45.3 Å². The lowest BCUT2D eigenvalue weighted by molar-refractivity contribution is 0.0529. The standard InChI is InChI=1S/C24H24N2O2S2/c1-4-28-23(27)21-20(17-10-6-5-7-11-17)16(3)30-22(21)25-24(29)26-15(2)14-18-12-8-9-13-19(18)26/h5-13,15H,4,14H2,1-3H3,(H,25,29). The molecule has 0 fully saturated rings. The van der Waals surface area contributed by atoms with Crippen LogP contribution in [0, 0.1) is 6.92 Å². The third kappa shape index (κ3) is 3.73. The molecule has 6 heteroatoms. The van der Waals surface area contributed by atoms with E-state index in [9.17, 15) is 4.79 Å². The van der Waals surface area contributed by atoms with Crippen molar-refractivity contribution in [1.29, 1.82) is 0 Å². The second-order valence-electron chi connectivity index (χ2n) is 7.31. The normalized spacial score (nSPS) is 15.0. The highest BCUT2D eigenvalue weighted by molar-refractivity contribution is 7.80. The van der Waals surface area contributed by atoms with E-state index >= 15 is 0 Å². The highest BCUT2D eigenvalue weighted by Gasteiger charge is 2.31. The molecule has 30 heavy (non-hydrogen) atoms. The number of aryl methyl sites for hydroxylation is 1. The predicted molar refractivity (Wildman–Crippen MR) is 129 cm³/mol. The summed E-state index contributed by atoms with van der Waals surface area (Å²) >= 11 is 7.33. The van der Waals surface area contributed by atoms with Crippen molar-refractivity contribution in [2.45, 2.75) is 33.2 Å². The van der Waals surface area contributed by atoms with Gasteiger partial charge in [-0.05, 0) is 56.6 Å². The molecule has 1 atom stereocenters. The van der Waals surface area contributed by atoms with Crippen LogP contribution in [0.25, 0.3) is 11.1 Å². The summed E-state index contributed by atoms with van der Waals surface area (Å²) in [5.41, 5.74) is 4.85. The quantitative estimate of drug-likeness (QED) is 0.398. The van der Waals surface area contributed by atoms with E-state index in [0.717, 1.165) is 33.1 Å². The Morgan fingerprint density at radius 2 is 1.90 bits per heavy atom. The number of thiocarbonyl (C=S) groups is 1. The van der Waals surface area contributed by atoms with Gasteiger partial charge in [0.2, 0.25) is 0 Å². The molecule has 0 amide bonds. The lowest BCUT2D eigenvalue weighted by Crippen LogP contribution is -2.38. The summed E-state index contributed by atoms with van der Waals surface area (Å²) in [4.78, 5) is 16.1. The summed E-state index contributed by atoms with van der Waals surface area (Å²) in [5.74, 6) is -0.333. The van der Waals surface area contributed by atoms with Crippen LogP contribution in [0.3, 0.4) is 0 Å². The molecule has 2 heterocycles. The summed E-state index contributed by atoms with van der Waals surface area (Å²) in [6, 6.07) is 18.5. The summed E-state index contributed by atoms with van der Waals surface area (Å²) < 4.78 is 5.40. The number of carbonyl (C=O) groups excluding carboxylic acids is 1. The minimum atomic E-state index is -0.333. The fourth-order valence-electron chi connectivity index (χ4n) is 4.02. The fourth-order valence-corrected chi connectivity index (χ4v) is 5.52. The van der Waals surface area contributed by atoms with E-state index in [1.165, 1.54) is 16.9 Å². The molecular weight excluding hydrogens is 412 g/mol. The number of ether oxygens (including phenoxy) is 1. The van der Waals surface area contributed by atoms with Gasteiger partial charge in [0.05, 0.1) is 6.61 Å². The number of fused-ring (bicyclic) bond motifs is 1. The molecule has 1 N–H and O–H groups in total. The molecule has 1 aliphatic heterocycles. The first kappa shape index (κ1) is 20.6. The molecule has 1 unspecified atom stereocenters. The van der Waals surface area contributed by atoms with E-state index in [0.29, 0.717) is 17.3 Å². The van der Waals surface area contributed by atoms with Gasteiger partial charge in [0.25, 0.3) is 0 Å². The average Bonchev–Trinajstić information content (AvgIpc) is 3.24. The van der Waals surface area contributed by atoms with Gasteiger partial charge in [0.15, 0.2) is 5.11 Å². The minimum Gasteiger partial charge on any atom is -0.462 e. The van der Waals surface area contributed by atoms with Crippen LogP contribution in [0.5, 0.6) is 0 Å². The fraction of sp³-hybridized carbons (Fsp3) is 0.250. The Labute approximate surface area is 186 Å². The van der Waals surface area contributed by atoms with Crippen molar-refractivity contribution in [2.75, 3.05) is 16.8 Å². The Kier molecular flexibility index (Phi) is 5.88. The predicted octanol–water partition coefficient (Wildman–Crippen LogP) is 6.05. The number of esters is 1. The highest BCUT2D eigenvalue weighted by atomic mass is 32.1. The molecule has 2 aromatic carbocycles. The number of hydrogen-bond acceptors (Lipinski definition) is 4. The van der Waals surface area contributed by atoms with Crippen LogP contribution in [0.4, 0.5) is 10.7 Å². The van der Waals surface area contributed by atoms with E-state index in [4.69, 9.17) is 17.0 Å². The highest BCUT2D eigenvalue weighted by Crippen LogP contribution is 2.41. The van der Waals surface area contributed by atoms with Crippen molar-refractivity contribution in [2.24, 2.45) is 0 Å². The van der Waals surface area contributed by atoms with Crippen LogP contribution in [-0.4, -0.2) is 23.7 Å². The summed E-state index contributed by atoms with van der Waals surface area (Å²) in [7, 11) is 0. The number of benzene rings is 2. The molecule has 4 rings (SSSR count). The molecule has 1 aliphatic rings. The Morgan fingerprint density at radius 1 is 1.20 bits per heavy atom. The third-order valence-electron chi connectivity index (χ3n) is 5.27. The minimum absolute atomic E-state index is 0.253. The van der Waals surface area contributed by atoms with Crippen molar-refractivity contribution in [1.82, 2.24) is 0 Å². The zero-order valence-electron chi connectivity index (χ0n) is 17.3. The number of hydrogen-bond donors (Lipinski definition) is 1. The number of thiophene rings is 1. The van der Waals surface area contributed by atoms with Crippen LogP contribution in [0.15, 0.2) is 54.6 Å². The van der Waals surface area contributed by atoms with Gasteiger partial charge in [-0.2, -0.15) is 0 Å². The zero-order valence-corrected chi connectivity index (χ0v) is 18.9. The maximum atomic E-state index is 12.9. The first-order valence-electron chi connectivity index (χ1n) is 10.0. The second-order valence-corrected chi connectivity index (χ2v) is 8.92. The lowest BCUT2D eigenvalue weighted by Gasteiger charge is -2.26. The van der Waals surface area contributed by atoms with Crippen LogP contribution < -0.4 is 10.2 Å². The molecule has 154 valence electrons. The topological polar surface area (TPSA) is 41.6 Å². The number of anilines is 2. The van der Waals surface area contributed by atoms with E-state index < -0.39 is 0 Å². The number of nitrogens with one attached hydrogen (secondary N) is 1. The zero-order chi connectivity index (χ0) is 21.3. The van der Waals surface area contributed by atoms with Gasteiger partial charge >= 0.3 is 5.97 Å². The number of para-hydroxylation sites is 1. The van der Waals surface area contributed by atoms with Gasteiger partial charge in [-0.1, -0.05) is 48.5 Å². The van der Waals surface area contributed by atoms with Gasteiger partial charge in [0, 0.05) is 22.2 Å². The van der Waals surface area contributed by atoms with E-state index in [2.05, 4.69) is 35.3 Å². The molecule has 0 bridgehead atoms. The van der Waals surface area contributed by atoms with Gasteiger partial charge < -0.3 is 15.0 Å². The Morgan fingerprint density at radius 3 is 2.63 bits per heavy atom. The molecule has 1 aromatic heterocycles. The van der Waals surface area contributed by atoms with Crippen LogP contribution in [-0.2, 0) is 11.2 Å². The summed E-state index contributed by atoms with van der Waals surface area (Å²) in [6.07, 6.45) is 0.946. The van der Waals surface area contributed by atoms with Crippen LogP contribution >= 0.6 is 23.6 Å². The number of carbonyl (C=O) groups is 1. The first-order chi connectivity index (χ1) is 14.5. The van der Waals surface area contributed by atoms with Crippen molar-refractivity contribution in [3.05, 3.63) is 70.6 Å². The largest absolute Gasteiger partial charge is 0.462 e. The van der Waals surface area contributed by atoms with E-state index in [-0.39, 0.29) is 12.0 Å². The smallest absolute Gasteiger partial charge is 0.341 e. The Hall–Kier alpha value is -2.70. The summed E-state index contributed by atoms with van der Waals surface area (Å²) in [6.45, 7) is 6.33. The van der Waals surface area contributed by atoms with Gasteiger partial charge in [-0.15, -0.1) is 11.3 Å². The molecule has 3 aromatic rings. The van der Waals surface area contributed by atoms with E-state index in [1.54, 1.807) is 0 Å². The van der Waals surface area contributed by atoms with Gasteiger partial charge in [-0.25, -0.2) is 4.79 Å². The molecule has 0 spiro atoms. The summed E-state index contributed by atoms with van der Waals surface area (Å²) in [5, 5.41) is 4.69. The van der Waals surface area contributed by atoms with E-state index in [1.807, 2.05) is 50.2 Å². The van der Waals surface area contributed by atoms with Crippen LogP contribution in [0.2, 0.25) is 0 Å². The molecule has 0 aliphatic carbocycles. The SMILES string of the molecule is CCOC(=O)c1c(NC(=S)N2c3ccccc3CC2C)sc(C)c1-c1ccccc1. The molecule has 0 saturated heterocycles.